The molecule has 1 amide bonds. The Morgan fingerprint density at radius 2 is 2.00 bits per heavy atom. The molecule has 20 heavy (non-hydrogen) atoms. The first-order valence-corrected chi connectivity index (χ1v) is 7.28. The van der Waals surface area contributed by atoms with E-state index in [0.717, 1.165) is 32.5 Å². The average Bonchev–Trinajstić information content (AvgIpc) is 3.19. The zero-order chi connectivity index (χ0) is 13.7. The van der Waals surface area contributed by atoms with Crippen LogP contribution < -0.4 is 10.6 Å². The van der Waals surface area contributed by atoms with E-state index in [1.807, 2.05) is 0 Å². The maximum absolute atomic E-state index is 12.0. The van der Waals surface area contributed by atoms with Crippen molar-refractivity contribution in [3.63, 3.8) is 0 Å². The molecule has 2 rings (SSSR count). The summed E-state index contributed by atoms with van der Waals surface area (Å²) in [5.41, 5.74) is 2.64. The summed E-state index contributed by atoms with van der Waals surface area (Å²) in [7, 11) is 0. The van der Waals surface area contributed by atoms with E-state index in [0.29, 0.717) is 5.92 Å². The molecule has 0 aromatic heterocycles. The van der Waals surface area contributed by atoms with E-state index in [1.165, 1.54) is 11.1 Å². The third-order valence-electron chi connectivity index (χ3n) is 3.74. The molecule has 2 atom stereocenters. The Bertz CT molecular complexity index is 436. The average molecular weight is 297 g/mol. The summed E-state index contributed by atoms with van der Waals surface area (Å²) in [5.74, 6) is 0.837. The van der Waals surface area contributed by atoms with Crippen molar-refractivity contribution in [2.75, 3.05) is 19.6 Å². The SMILES string of the molecule is CCCNCCNC(=O)C1CC1c1ccccc1C.Cl. The molecule has 1 aromatic rings. The fourth-order valence-electron chi connectivity index (χ4n) is 2.54. The van der Waals surface area contributed by atoms with Crippen molar-refractivity contribution in [1.82, 2.24) is 10.6 Å². The summed E-state index contributed by atoms with van der Waals surface area (Å²) >= 11 is 0. The van der Waals surface area contributed by atoms with E-state index >= 15 is 0 Å². The second kappa shape index (κ2) is 8.28. The lowest BCUT2D eigenvalue weighted by Gasteiger charge is -2.07. The van der Waals surface area contributed by atoms with Crippen LogP contribution in [0.3, 0.4) is 0 Å². The third-order valence-corrected chi connectivity index (χ3v) is 3.74. The van der Waals surface area contributed by atoms with Gasteiger partial charge in [0.1, 0.15) is 0 Å². The van der Waals surface area contributed by atoms with Crippen molar-refractivity contribution in [3.05, 3.63) is 35.4 Å². The smallest absolute Gasteiger partial charge is 0.223 e. The second-order valence-corrected chi connectivity index (χ2v) is 5.35. The van der Waals surface area contributed by atoms with Crippen LogP contribution in [-0.2, 0) is 4.79 Å². The van der Waals surface area contributed by atoms with Crippen molar-refractivity contribution in [1.29, 1.82) is 0 Å². The molecule has 3 nitrogen and oxygen atoms in total. The van der Waals surface area contributed by atoms with Crippen molar-refractivity contribution < 1.29 is 4.79 Å². The Kier molecular flexibility index (Phi) is 7.03. The van der Waals surface area contributed by atoms with Crippen LogP contribution in [0.4, 0.5) is 0 Å². The zero-order valence-electron chi connectivity index (χ0n) is 12.3. The van der Waals surface area contributed by atoms with Gasteiger partial charge in [0, 0.05) is 19.0 Å². The summed E-state index contributed by atoms with van der Waals surface area (Å²) in [5, 5.41) is 6.31. The van der Waals surface area contributed by atoms with Crippen LogP contribution in [0, 0.1) is 12.8 Å². The minimum Gasteiger partial charge on any atom is -0.355 e. The minimum atomic E-state index is 0. The quantitative estimate of drug-likeness (QED) is 0.760. The number of carbonyl (C=O) groups is 1. The minimum absolute atomic E-state index is 0. The third kappa shape index (κ3) is 4.50. The molecule has 4 heteroatoms. The van der Waals surface area contributed by atoms with Crippen LogP contribution in [0.1, 0.15) is 36.8 Å². The van der Waals surface area contributed by atoms with Crippen LogP contribution in [0.15, 0.2) is 24.3 Å². The second-order valence-electron chi connectivity index (χ2n) is 5.35. The number of hydrogen-bond donors (Lipinski definition) is 2. The van der Waals surface area contributed by atoms with Gasteiger partial charge >= 0.3 is 0 Å². The number of amides is 1. The number of halogens is 1. The van der Waals surface area contributed by atoms with Gasteiger partial charge < -0.3 is 10.6 Å². The summed E-state index contributed by atoms with van der Waals surface area (Å²) in [6.07, 6.45) is 2.13. The van der Waals surface area contributed by atoms with Crippen LogP contribution in [0.25, 0.3) is 0 Å². The van der Waals surface area contributed by atoms with E-state index < -0.39 is 0 Å². The van der Waals surface area contributed by atoms with Crippen molar-refractivity contribution >= 4 is 18.3 Å². The fraction of sp³-hybridized carbons (Fsp3) is 0.562. The molecule has 0 spiro atoms. The maximum Gasteiger partial charge on any atom is 0.223 e. The first kappa shape index (κ1) is 17.0. The lowest BCUT2D eigenvalue weighted by Crippen LogP contribution is -2.33. The van der Waals surface area contributed by atoms with Crippen molar-refractivity contribution in [2.24, 2.45) is 5.92 Å². The van der Waals surface area contributed by atoms with E-state index in [-0.39, 0.29) is 24.2 Å². The molecule has 2 unspecified atom stereocenters. The molecule has 112 valence electrons. The van der Waals surface area contributed by atoms with Gasteiger partial charge in [-0.05, 0) is 43.4 Å². The predicted molar refractivity (Wildman–Crippen MR) is 85.4 cm³/mol. The molecule has 1 aliphatic carbocycles. The van der Waals surface area contributed by atoms with Gasteiger partial charge in [0.25, 0.3) is 0 Å². The molecule has 1 aliphatic rings. The molecule has 2 N–H and O–H groups in total. The molecule has 0 bridgehead atoms. The number of nitrogens with one attached hydrogen (secondary N) is 2. The number of hydrogen-bond acceptors (Lipinski definition) is 2. The highest BCUT2D eigenvalue weighted by molar-refractivity contribution is 5.85. The molecule has 0 radical (unpaired) electrons. The molecular formula is C16H25ClN2O. The van der Waals surface area contributed by atoms with Gasteiger partial charge in [-0.1, -0.05) is 31.2 Å². The fourth-order valence-corrected chi connectivity index (χ4v) is 2.54. The Morgan fingerprint density at radius 3 is 2.70 bits per heavy atom. The van der Waals surface area contributed by atoms with E-state index in [2.05, 4.69) is 48.7 Å². The number of aryl methyl sites for hydroxylation is 1. The van der Waals surface area contributed by atoms with Crippen molar-refractivity contribution in [2.45, 2.75) is 32.6 Å². The lowest BCUT2D eigenvalue weighted by atomic mass is 10.0. The molecule has 0 aliphatic heterocycles. The van der Waals surface area contributed by atoms with Crippen LogP contribution in [-0.4, -0.2) is 25.5 Å². The summed E-state index contributed by atoms with van der Waals surface area (Å²) in [6, 6.07) is 8.38. The highest BCUT2D eigenvalue weighted by Gasteiger charge is 2.44. The molecule has 1 aromatic carbocycles. The van der Waals surface area contributed by atoms with Gasteiger partial charge in [-0.25, -0.2) is 0 Å². The normalized spacial score (nSPS) is 20.1. The standard InChI is InChI=1S/C16H24N2O.ClH/c1-3-8-17-9-10-18-16(19)15-11-14(15)13-7-5-4-6-12(13)2;/h4-7,14-15,17H,3,8-11H2,1-2H3,(H,18,19);1H. The summed E-state index contributed by atoms with van der Waals surface area (Å²) in [6.45, 7) is 6.88. The first-order valence-electron chi connectivity index (χ1n) is 7.28. The van der Waals surface area contributed by atoms with Crippen molar-refractivity contribution in [3.8, 4) is 0 Å². The topological polar surface area (TPSA) is 41.1 Å². The van der Waals surface area contributed by atoms with E-state index in [4.69, 9.17) is 0 Å². The summed E-state index contributed by atoms with van der Waals surface area (Å²) in [4.78, 5) is 12.0. The highest BCUT2D eigenvalue weighted by Crippen LogP contribution is 2.48. The number of rotatable bonds is 7. The maximum atomic E-state index is 12.0. The van der Waals surface area contributed by atoms with Gasteiger partial charge in [0.15, 0.2) is 0 Å². The lowest BCUT2D eigenvalue weighted by molar-refractivity contribution is -0.122. The Morgan fingerprint density at radius 1 is 1.25 bits per heavy atom. The molecule has 1 saturated carbocycles. The molecule has 0 saturated heterocycles. The monoisotopic (exact) mass is 296 g/mol. The molecular weight excluding hydrogens is 272 g/mol. The van der Waals surface area contributed by atoms with Gasteiger partial charge in [0.2, 0.25) is 5.91 Å². The van der Waals surface area contributed by atoms with Gasteiger partial charge in [-0.15, -0.1) is 12.4 Å². The molecule has 0 heterocycles. The van der Waals surface area contributed by atoms with Crippen LogP contribution >= 0.6 is 12.4 Å². The Hall–Kier alpha value is -1.06. The van der Waals surface area contributed by atoms with Crippen LogP contribution in [0.2, 0.25) is 0 Å². The Balaban J connectivity index is 0.00000200. The summed E-state index contributed by atoms with van der Waals surface area (Å²) < 4.78 is 0. The number of carbonyl (C=O) groups excluding carboxylic acids is 1. The zero-order valence-corrected chi connectivity index (χ0v) is 13.1. The first-order chi connectivity index (χ1) is 9.24. The molecule has 1 fully saturated rings. The largest absolute Gasteiger partial charge is 0.355 e. The Labute approximate surface area is 127 Å². The van der Waals surface area contributed by atoms with E-state index in [9.17, 15) is 4.79 Å². The van der Waals surface area contributed by atoms with E-state index in [1.54, 1.807) is 0 Å². The van der Waals surface area contributed by atoms with Gasteiger partial charge in [-0.2, -0.15) is 0 Å². The van der Waals surface area contributed by atoms with Gasteiger partial charge in [0.05, 0.1) is 0 Å². The van der Waals surface area contributed by atoms with Crippen LogP contribution in [0.5, 0.6) is 0 Å². The highest BCUT2D eigenvalue weighted by atomic mass is 35.5. The van der Waals surface area contributed by atoms with Gasteiger partial charge in [-0.3, -0.25) is 4.79 Å². The predicted octanol–water partition coefficient (Wildman–Crippen LogP) is 2.64. The number of benzene rings is 1.